The summed E-state index contributed by atoms with van der Waals surface area (Å²) >= 11 is 3.62. The van der Waals surface area contributed by atoms with E-state index in [0.29, 0.717) is 4.83 Å². The molecule has 0 saturated heterocycles. The summed E-state index contributed by atoms with van der Waals surface area (Å²) in [5.74, 6) is 0.788. The van der Waals surface area contributed by atoms with E-state index < -0.39 is 0 Å². The number of carbonyl (C=O) groups is 1. The molecule has 92 valence electrons. The van der Waals surface area contributed by atoms with Crippen molar-refractivity contribution < 1.29 is 4.79 Å². The highest BCUT2D eigenvalue weighted by atomic mass is 79.9. The summed E-state index contributed by atoms with van der Waals surface area (Å²) < 4.78 is 0. The third-order valence-electron chi connectivity index (χ3n) is 3.08. The van der Waals surface area contributed by atoms with Crippen molar-refractivity contribution in [3.8, 4) is 0 Å². The predicted molar refractivity (Wildman–Crippen MR) is 73.7 cm³/mol. The number of alkyl halides is 1. The van der Waals surface area contributed by atoms with E-state index in [1.165, 1.54) is 12.8 Å². The van der Waals surface area contributed by atoms with Crippen molar-refractivity contribution >= 4 is 21.8 Å². The topological polar surface area (TPSA) is 29.1 Å². The van der Waals surface area contributed by atoms with Crippen LogP contribution in [-0.2, 0) is 0 Å². The fraction of sp³-hybridized carbons (Fsp3) is 0.500. The van der Waals surface area contributed by atoms with Gasteiger partial charge < -0.3 is 5.32 Å². The predicted octanol–water partition coefficient (Wildman–Crippen LogP) is 3.21. The highest BCUT2D eigenvalue weighted by Crippen LogP contribution is 2.36. The standard InChI is InChI=1S/C14H18BrNO/c1-9-5-10(2)7-12(6-9)14(17)16-8-13(15)11-3-4-11/h5-7,11,13H,3-4,8H2,1-2H3,(H,16,17). The van der Waals surface area contributed by atoms with Gasteiger partial charge in [-0.05, 0) is 44.7 Å². The van der Waals surface area contributed by atoms with E-state index in [-0.39, 0.29) is 5.91 Å². The first-order valence-corrected chi connectivity index (χ1v) is 6.98. The van der Waals surface area contributed by atoms with Crippen LogP contribution in [0.3, 0.4) is 0 Å². The van der Waals surface area contributed by atoms with Gasteiger partial charge in [0.15, 0.2) is 0 Å². The first-order chi connectivity index (χ1) is 8.06. The molecule has 2 nitrogen and oxygen atoms in total. The lowest BCUT2D eigenvalue weighted by Crippen LogP contribution is -2.30. The van der Waals surface area contributed by atoms with Crippen molar-refractivity contribution in [1.29, 1.82) is 0 Å². The van der Waals surface area contributed by atoms with Gasteiger partial charge in [-0.3, -0.25) is 4.79 Å². The van der Waals surface area contributed by atoms with Gasteiger partial charge in [-0.25, -0.2) is 0 Å². The SMILES string of the molecule is Cc1cc(C)cc(C(=O)NCC(Br)C2CC2)c1. The average Bonchev–Trinajstić information content (AvgIpc) is 3.07. The van der Waals surface area contributed by atoms with Crippen molar-refractivity contribution in [3.05, 3.63) is 34.9 Å². The average molecular weight is 296 g/mol. The lowest BCUT2D eigenvalue weighted by Gasteiger charge is -2.10. The van der Waals surface area contributed by atoms with Gasteiger partial charge in [-0.15, -0.1) is 0 Å². The van der Waals surface area contributed by atoms with E-state index >= 15 is 0 Å². The van der Waals surface area contributed by atoms with Crippen LogP contribution in [-0.4, -0.2) is 17.3 Å². The van der Waals surface area contributed by atoms with Crippen LogP contribution in [0, 0.1) is 19.8 Å². The molecule has 1 amide bonds. The summed E-state index contributed by atoms with van der Waals surface area (Å²) in [6.07, 6.45) is 2.57. The van der Waals surface area contributed by atoms with Crippen molar-refractivity contribution in [1.82, 2.24) is 5.32 Å². The Morgan fingerprint density at radius 3 is 2.47 bits per heavy atom. The van der Waals surface area contributed by atoms with Crippen LogP contribution in [0.25, 0.3) is 0 Å². The number of aryl methyl sites for hydroxylation is 2. The second-order valence-electron chi connectivity index (χ2n) is 4.94. The lowest BCUT2D eigenvalue weighted by molar-refractivity contribution is 0.0953. The van der Waals surface area contributed by atoms with Crippen molar-refractivity contribution in [3.63, 3.8) is 0 Å². The van der Waals surface area contributed by atoms with Crippen LogP contribution in [0.4, 0.5) is 0 Å². The number of benzene rings is 1. The summed E-state index contributed by atoms with van der Waals surface area (Å²) in [6, 6.07) is 5.94. The van der Waals surface area contributed by atoms with Crippen LogP contribution in [0.5, 0.6) is 0 Å². The summed E-state index contributed by atoms with van der Waals surface area (Å²) in [6.45, 7) is 4.75. The fourth-order valence-corrected chi connectivity index (χ4v) is 2.71. The Kier molecular flexibility index (Phi) is 3.87. The van der Waals surface area contributed by atoms with E-state index in [0.717, 1.165) is 29.2 Å². The minimum atomic E-state index is 0.0295. The highest BCUT2D eigenvalue weighted by molar-refractivity contribution is 9.09. The highest BCUT2D eigenvalue weighted by Gasteiger charge is 2.29. The summed E-state index contributed by atoms with van der Waals surface area (Å²) in [5.41, 5.74) is 3.03. The molecule has 17 heavy (non-hydrogen) atoms. The van der Waals surface area contributed by atoms with Crippen LogP contribution < -0.4 is 5.32 Å². The molecule has 0 bridgehead atoms. The molecule has 1 unspecified atom stereocenters. The van der Waals surface area contributed by atoms with E-state index in [9.17, 15) is 4.79 Å². The second-order valence-corrected chi connectivity index (χ2v) is 6.12. The largest absolute Gasteiger partial charge is 0.351 e. The molecule has 0 aliphatic heterocycles. The molecule has 1 aromatic rings. The van der Waals surface area contributed by atoms with E-state index in [1.807, 2.05) is 26.0 Å². The summed E-state index contributed by atoms with van der Waals surface area (Å²) in [5, 5.41) is 2.99. The smallest absolute Gasteiger partial charge is 0.251 e. The molecule has 2 rings (SSSR count). The molecule has 1 aliphatic carbocycles. The third kappa shape index (κ3) is 3.56. The number of halogens is 1. The Morgan fingerprint density at radius 2 is 1.94 bits per heavy atom. The van der Waals surface area contributed by atoms with Crippen LogP contribution in [0.1, 0.15) is 34.3 Å². The molecule has 1 atom stereocenters. The zero-order valence-electron chi connectivity index (χ0n) is 10.3. The van der Waals surface area contributed by atoms with E-state index in [2.05, 4.69) is 27.3 Å². The Bertz CT molecular complexity index is 406. The van der Waals surface area contributed by atoms with Crippen LogP contribution >= 0.6 is 15.9 Å². The molecule has 1 fully saturated rings. The Labute approximate surface area is 111 Å². The van der Waals surface area contributed by atoms with Gasteiger partial charge in [-0.1, -0.05) is 33.1 Å². The molecule has 0 aromatic heterocycles. The quantitative estimate of drug-likeness (QED) is 0.849. The molecule has 0 radical (unpaired) electrons. The van der Waals surface area contributed by atoms with E-state index in [4.69, 9.17) is 0 Å². The van der Waals surface area contributed by atoms with Gasteiger partial charge in [0.05, 0.1) is 0 Å². The van der Waals surface area contributed by atoms with Gasteiger partial charge in [0.1, 0.15) is 0 Å². The zero-order chi connectivity index (χ0) is 12.4. The van der Waals surface area contributed by atoms with Crippen LogP contribution in [0.2, 0.25) is 0 Å². The molecule has 0 heterocycles. The lowest BCUT2D eigenvalue weighted by atomic mass is 10.1. The van der Waals surface area contributed by atoms with Gasteiger partial charge >= 0.3 is 0 Å². The van der Waals surface area contributed by atoms with Gasteiger partial charge in [0, 0.05) is 16.9 Å². The van der Waals surface area contributed by atoms with Gasteiger partial charge in [0.25, 0.3) is 5.91 Å². The molecule has 1 aromatic carbocycles. The van der Waals surface area contributed by atoms with E-state index in [1.54, 1.807) is 0 Å². The van der Waals surface area contributed by atoms with Crippen molar-refractivity contribution in [2.45, 2.75) is 31.5 Å². The third-order valence-corrected chi connectivity index (χ3v) is 4.15. The minimum absolute atomic E-state index is 0.0295. The first-order valence-electron chi connectivity index (χ1n) is 6.07. The Hall–Kier alpha value is -0.830. The maximum atomic E-state index is 12.0. The molecule has 0 spiro atoms. The number of carbonyl (C=O) groups excluding carboxylic acids is 1. The number of hydrogen-bond acceptors (Lipinski definition) is 1. The Morgan fingerprint density at radius 1 is 1.35 bits per heavy atom. The normalized spacial score (nSPS) is 16.6. The van der Waals surface area contributed by atoms with Gasteiger partial charge in [-0.2, -0.15) is 0 Å². The van der Waals surface area contributed by atoms with Gasteiger partial charge in [0.2, 0.25) is 0 Å². The number of amides is 1. The summed E-state index contributed by atoms with van der Waals surface area (Å²) in [7, 11) is 0. The molecule has 3 heteroatoms. The van der Waals surface area contributed by atoms with Crippen LogP contribution in [0.15, 0.2) is 18.2 Å². The zero-order valence-corrected chi connectivity index (χ0v) is 11.9. The fourth-order valence-electron chi connectivity index (χ4n) is 2.02. The molecule has 1 N–H and O–H groups in total. The number of nitrogens with one attached hydrogen (secondary N) is 1. The number of hydrogen-bond donors (Lipinski definition) is 1. The molecule has 1 aliphatic rings. The monoisotopic (exact) mass is 295 g/mol. The van der Waals surface area contributed by atoms with Crippen molar-refractivity contribution in [2.24, 2.45) is 5.92 Å². The molecule has 1 saturated carbocycles. The first kappa shape index (κ1) is 12.6. The maximum absolute atomic E-state index is 12.0. The molecular weight excluding hydrogens is 278 g/mol. The minimum Gasteiger partial charge on any atom is -0.351 e. The molecular formula is C14H18BrNO. The Balaban J connectivity index is 1.94. The number of rotatable bonds is 4. The summed E-state index contributed by atoms with van der Waals surface area (Å²) in [4.78, 5) is 12.4. The van der Waals surface area contributed by atoms with Crippen molar-refractivity contribution in [2.75, 3.05) is 6.54 Å². The maximum Gasteiger partial charge on any atom is 0.251 e. The second kappa shape index (κ2) is 5.21.